The van der Waals surface area contributed by atoms with Crippen LogP contribution in [0.5, 0.6) is 11.5 Å². The lowest BCUT2D eigenvalue weighted by atomic mass is 10.1. The molecular formula is C17H29N3O2. The quantitative estimate of drug-likeness (QED) is 0.396. The van der Waals surface area contributed by atoms with Crippen LogP contribution in [0.3, 0.4) is 0 Å². The highest BCUT2D eigenvalue weighted by molar-refractivity contribution is 5.77. The van der Waals surface area contributed by atoms with E-state index < -0.39 is 0 Å². The van der Waals surface area contributed by atoms with Gasteiger partial charge in [0, 0.05) is 13.1 Å². The normalized spacial score (nSPS) is 11.3. The van der Waals surface area contributed by atoms with Crippen molar-refractivity contribution in [1.82, 2.24) is 5.32 Å². The summed E-state index contributed by atoms with van der Waals surface area (Å²) in [5, 5.41) is 3.14. The smallest absolute Gasteiger partial charge is 0.188 e. The monoisotopic (exact) mass is 307 g/mol. The summed E-state index contributed by atoms with van der Waals surface area (Å²) < 4.78 is 10.5. The Morgan fingerprint density at radius 1 is 1.14 bits per heavy atom. The molecule has 22 heavy (non-hydrogen) atoms. The number of nitrogens with two attached hydrogens (primary N) is 1. The predicted octanol–water partition coefficient (Wildman–Crippen LogP) is 2.73. The lowest BCUT2D eigenvalue weighted by Gasteiger charge is -2.10. The maximum atomic E-state index is 5.85. The summed E-state index contributed by atoms with van der Waals surface area (Å²) in [6.07, 6.45) is 5.68. The molecule has 3 N–H and O–H groups in total. The van der Waals surface area contributed by atoms with Gasteiger partial charge in [0.15, 0.2) is 17.5 Å². The zero-order valence-corrected chi connectivity index (χ0v) is 14.0. The number of ether oxygens (including phenoxy) is 2. The molecule has 0 saturated heterocycles. The molecule has 0 radical (unpaired) electrons. The van der Waals surface area contributed by atoms with Crippen LogP contribution < -0.4 is 20.5 Å². The molecule has 0 atom stereocenters. The molecule has 0 unspecified atom stereocenters. The average Bonchev–Trinajstić information content (AvgIpc) is 2.54. The molecular weight excluding hydrogens is 278 g/mol. The molecule has 0 saturated carbocycles. The van der Waals surface area contributed by atoms with Crippen molar-refractivity contribution in [1.29, 1.82) is 0 Å². The van der Waals surface area contributed by atoms with E-state index in [0.29, 0.717) is 5.96 Å². The van der Waals surface area contributed by atoms with Crippen LogP contribution in [0.15, 0.2) is 23.2 Å². The molecule has 0 aliphatic rings. The van der Waals surface area contributed by atoms with Gasteiger partial charge >= 0.3 is 0 Å². The number of unbranched alkanes of at least 4 members (excludes halogenated alkanes) is 3. The van der Waals surface area contributed by atoms with Crippen molar-refractivity contribution in [3.8, 4) is 11.5 Å². The fourth-order valence-electron chi connectivity index (χ4n) is 2.17. The first-order valence-corrected chi connectivity index (χ1v) is 7.96. The molecule has 1 rings (SSSR count). The van der Waals surface area contributed by atoms with Gasteiger partial charge < -0.3 is 20.5 Å². The van der Waals surface area contributed by atoms with E-state index in [0.717, 1.165) is 37.4 Å². The Balaban J connectivity index is 2.32. The summed E-state index contributed by atoms with van der Waals surface area (Å²) in [5.41, 5.74) is 7.02. The molecule has 0 heterocycles. The predicted molar refractivity (Wildman–Crippen MR) is 91.9 cm³/mol. The maximum Gasteiger partial charge on any atom is 0.188 e. The van der Waals surface area contributed by atoms with Crippen molar-refractivity contribution < 1.29 is 9.47 Å². The van der Waals surface area contributed by atoms with E-state index in [1.807, 2.05) is 18.2 Å². The molecule has 0 fully saturated rings. The molecule has 1 aromatic rings. The van der Waals surface area contributed by atoms with Crippen molar-refractivity contribution in [2.24, 2.45) is 10.7 Å². The number of nitrogens with one attached hydrogen (secondary N) is 1. The van der Waals surface area contributed by atoms with Crippen LogP contribution in [0.4, 0.5) is 0 Å². The number of aliphatic imine (C=N–C) groups is 1. The lowest BCUT2D eigenvalue weighted by Crippen LogP contribution is -2.33. The van der Waals surface area contributed by atoms with Gasteiger partial charge in [-0.05, 0) is 30.5 Å². The van der Waals surface area contributed by atoms with Crippen LogP contribution in [0.1, 0.15) is 38.2 Å². The molecule has 0 amide bonds. The van der Waals surface area contributed by atoms with Crippen LogP contribution in [0.2, 0.25) is 0 Å². The molecule has 0 aliphatic carbocycles. The van der Waals surface area contributed by atoms with Gasteiger partial charge in [-0.3, -0.25) is 4.99 Å². The maximum absolute atomic E-state index is 5.85. The van der Waals surface area contributed by atoms with Crippen molar-refractivity contribution in [2.45, 2.75) is 39.0 Å². The molecule has 0 aromatic heterocycles. The Bertz CT molecular complexity index is 461. The van der Waals surface area contributed by atoms with Gasteiger partial charge in [-0.15, -0.1) is 0 Å². The molecule has 5 nitrogen and oxygen atoms in total. The second-order valence-electron chi connectivity index (χ2n) is 5.19. The zero-order valence-electron chi connectivity index (χ0n) is 14.0. The van der Waals surface area contributed by atoms with Crippen molar-refractivity contribution in [2.75, 3.05) is 27.3 Å². The summed E-state index contributed by atoms with van der Waals surface area (Å²) in [6.45, 7) is 3.75. The third-order valence-electron chi connectivity index (χ3n) is 3.46. The number of guanidine groups is 1. The van der Waals surface area contributed by atoms with Crippen LogP contribution in [-0.2, 0) is 6.42 Å². The van der Waals surface area contributed by atoms with Crippen LogP contribution >= 0.6 is 0 Å². The van der Waals surface area contributed by atoms with Gasteiger partial charge in [0.1, 0.15) is 0 Å². The van der Waals surface area contributed by atoms with E-state index in [1.54, 1.807) is 14.2 Å². The Hall–Kier alpha value is -1.91. The first-order chi connectivity index (χ1) is 10.7. The fraction of sp³-hybridized carbons (Fsp3) is 0.588. The molecule has 1 aromatic carbocycles. The van der Waals surface area contributed by atoms with Crippen molar-refractivity contribution >= 4 is 5.96 Å². The first kappa shape index (κ1) is 18.1. The molecule has 0 bridgehead atoms. The number of nitrogens with zero attached hydrogens (tertiary/aromatic N) is 1. The second-order valence-corrected chi connectivity index (χ2v) is 5.19. The van der Waals surface area contributed by atoms with Crippen LogP contribution in [0.25, 0.3) is 0 Å². The Labute approximate surface area is 133 Å². The van der Waals surface area contributed by atoms with E-state index in [9.17, 15) is 0 Å². The minimum absolute atomic E-state index is 0.525. The Morgan fingerprint density at radius 3 is 2.59 bits per heavy atom. The van der Waals surface area contributed by atoms with Gasteiger partial charge in [0.05, 0.1) is 14.2 Å². The third-order valence-corrected chi connectivity index (χ3v) is 3.46. The van der Waals surface area contributed by atoms with E-state index >= 15 is 0 Å². The van der Waals surface area contributed by atoms with Gasteiger partial charge in [-0.2, -0.15) is 0 Å². The topological polar surface area (TPSA) is 68.9 Å². The summed E-state index contributed by atoms with van der Waals surface area (Å²) in [5.74, 6) is 2.02. The SMILES string of the molecule is CCCCCCN=C(N)NCCc1ccc(OC)c(OC)c1. The molecule has 5 heteroatoms. The summed E-state index contributed by atoms with van der Waals surface area (Å²) in [6, 6.07) is 5.93. The third kappa shape index (κ3) is 6.70. The van der Waals surface area contributed by atoms with E-state index in [2.05, 4.69) is 17.2 Å². The fourth-order valence-corrected chi connectivity index (χ4v) is 2.17. The number of hydrogen-bond donors (Lipinski definition) is 2. The number of methoxy groups -OCH3 is 2. The molecule has 0 aliphatic heterocycles. The number of hydrogen-bond acceptors (Lipinski definition) is 3. The zero-order chi connectivity index (χ0) is 16.2. The van der Waals surface area contributed by atoms with Gasteiger partial charge in [0.2, 0.25) is 0 Å². The molecule has 0 spiro atoms. The summed E-state index contributed by atoms with van der Waals surface area (Å²) in [4.78, 5) is 4.33. The average molecular weight is 307 g/mol. The highest BCUT2D eigenvalue weighted by Crippen LogP contribution is 2.27. The number of rotatable bonds is 10. The van der Waals surface area contributed by atoms with E-state index in [-0.39, 0.29) is 0 Å². The summed E-state index contributed by atoms with van der Waals surface area (Å²) in [7, 11) is 3.28. The number of benzene rings is 1. The van der Waals surface area contributed by atoms with Crippen molar-refractivity contribution in [3.05, 3.63) is 23.8 Å². The second kappa shape index (κ2) is 10.8. The van der Waals surface area contributed by atoms with Crippen molar-refractivity contribution in [3.63, 3.8) is 0 Å². The lowest BCUT2D eigenvalue weighted by molar-refractivity contribution is 0.354. The van der Waals surface area contributed by atoms with E-state index in [1.165, 1.54) is 24.8 Å². The molecule has 124 valence electrons. The Kier molecular flexibility index (Phi) is 8.88. The van der Waals surface area contributed by atoms with Gasteiger partial charge in [-0.1, -0.05) is 32.3 Å². The minimum atomic E-state index is 0.525. The standard InChI is InChI=1S/C17H29N3O2/c1-4-5-6-7-11-19-17(18)20-12-10-14-8-9-15(21-2)16(13-14)22-3/h8-9,13H,4-7,10-12H2,1-3H3,(H3,18,19,20). The largest absolute Gasteiger partial charge is 0.493 e. The summed E-state index contributed by atoms with van der Waals surface area (Å²) >= 11 is 0. The first-order valence-electron chi connectivity index (χ1n) is 7.96. The van der Waals surface area contributed by atoms with E-state index in [4.69, 9.17) is 15.2 Å². The van der Waals surface area contributed by atoms with Gasteiger partial charge in [-0.25, -0.2) is 0 Å². The Morgan fingerprint density at radius 2 is 1.91 bits per heavy atom. The highest BCUT2D eigenvalue weighted by Gasteiger charge is 2.04. The van der Waals surface area contributed by atoms with Crippen LogP contribution in [-0.4, -0.2) is 33.3 Å². The van der Waals surface area contributed by atoms with Crippen LogP contribution in [0, 0.1) is 0 Å². The highest BCUT2D eigenvalue weighted by atomic mass is 16.5. The minimum Gasteiger partial charge on any atom is -0.493 e. The van der Waals surface area contributed by atoms with Gasteiger partial charge in [0.25, 0.3) is 0 Å².